The van der Waals surface area contributed by atoms with E-state index in [1.54, 1.807) is 0 Å². The summed E-state index contributed by atoms with van der Waals surface area (Å²) < 4.78 is 0. The van der Waals surface area contributed by atoms with Crippen LogP contribution < -0.4 is 10.6 Å². The minimum atomic E-state index is 0.151. The molecule has 76 valence electrons. The Morgan fingerprint density at radius 2 is 2.23 bits per heavy atom. The van der Waals surface area contributed by atoms with E-state index in [1.165, 1.54) is 12.8 Å². The zero-order valence-corrected chi connectivity index (χ0v) is 8.60. The predicted octanol–water partition coefficient (Wildman–Crippen LogP) is 0.901. The molecule has 0 radical (unpaired) electrons. The van der Waals surface area contributed by atoms with Crippen LogP contribution >= 0.6 is 0 Å². The first kappa shape index (κ1) is 10.5. The summed E-state index contributed by atoms with van der Waals surface area (Å²) in [7, 11) is 0. The number of nitrogens with one attached hydrogen (secondary N) is 2. The van der Waals surface area contributed by atoms with Crippen LogP contribution in [0.1, 0.15) is 33.1 Å². The lowest BCUT2D eigenvalue weighted by Gasteiger charge is -2.11. The smallest absolute Gasteiger partial charge is 0.221 e. The third-order valence-electron chi connectivity index (χ3n) is 2.52. The van der Waals surface area contributed by atoms with Crippen LogP contribution in [0, 0.1) is 5.92 Å². The molecule has 3 nitrogen and oxygen atoms in total. The summed E-state index contributed by atoms with van der Waals surface area (Å²) in [6, 6.07) is 0.592. The predicted molar refractivity (Wildman–Crippen MR) is 53.5 cm³/mol. The van der Waals surface area contributed by atoms with Crippen molar-refractivity contribution < 1.29 is 4.79 Å². The van der Waals surface area contributed by atoms with Gasteiger partial charge in [0, 0.05) is 25.6 Å². The zero-order valence-electron chi connectivity index (χ0n) is 8.60. The summed E-state index contributed by atoms with van der Waals surface area (Å²) in [5.41, 5.74) is 0. The molecule has 0 saturated heterocycles. The van der Waals surface area contributed by atoms with E-state index in [9.17, 15) is 4.79 Å². The summed E-state index contributed by atoms with van der Waals surface area (Å²) >= 11 is 0. The van der Waals surface area contributed by atoms with Gasteiger partial charge in [-0.15, -0.1) is 0 Å². The van der Waals surface area contributed by atoms with E-state index >= 15 is 0 Å². The van der Waals surface area contributed by atoms with E-state index in [4.69, 9.17) is 0 Å². The number of hydrogen-bond donors (Lipinski definition) is 2. The Hall–Kier alpha value is -0.570. The van der Waals surface area contributed by atoms with Gasteiger partial charge in [0.15, 0.2) is 0 Å². The van der Waals surface area contributed by atoms with E-state index in [1.807, 2.05) is 6.92 Å². The van der Waals surface area contributed by atoms with Crippen LogP contribution in [0.3, 0.4) is 0 Å². The molecule has 1 amide bonds. The van der Waals surface area contributed by atoms with Crippen LogP contribution in [0.4, 0.5) is 0 Å². The quantitative estimate of drug-likeness (QED) is 0.644. The normalized spacial score (nSPS) is 18.3. The molecule has 0 heterocycles. The van der Waals surface area contributed by atoms with Crippen molar-refractivity contribution in [3.8, 4) is 0 Å². The van der Waals surface area contributed by atoms with Crippen molar-refractivity contribution in [2.75, 3.05) is 13.1 Å². The standard InChI is InChI=1S/C10H20N2O/c1-3-11-10(13)6-7-12-8(2)9-4-5-9/h8-9,12H,3-7H2,1-2H3,(H,11,13). The summed E-state index contributed by atoms with van der Waals surface area (Å²) in [5.74, 6) is 1.02. The second kappa shape index (κ2) is 5.22. The highest BCUT2D eigenvalue weighted by Crippen LogP contribution is 2.32. The molecule has 1 aliphatic rings. The molecule has 0 bridgehead atoms. The minimum absolute atomic E-state index is 0.151. The van der Waals surface area contributed by atoms with Crippen molar-refractivity contribution in [2.45, 2.75) is 39.2 Å². The fourth-order valence-electron chi connectivity index (χ4n) is 1.46. The Kier molecular flexibility index (Phi) is 4.22. The van der Waals surface area contributed by atoms with Gasteiger partial charge in [0.05, 0.1) is 0 Å². The fourth-order valence-corrected chi connectivity index (χ4v) is 1.46. The number of carbonyl (C=O) groups excluding carboxylic acids is 1. The molecule has 1 unspecified atom stereocenters. The highest BCUT2D eigenvalue weighted by atomic mass is 16.1. The molecule has 3 heteroatoms. The molecule has 13 heavy (non-hydrogen) atoms. The van der Waals surface area contributed by atoms with Crippen LogP contribution in [-0.2, 0) is 4.79 Å². The minimum Gasteiger partial charge on any atom is -0.356 e. The maximum Gasteiger partial charge on any atom is 0.221 e. The zero-order chi connectivity index (χ0) is 9.68. The summed E-state index contributed by atoms with van der Waals surface area (Å²) in [6.07, 6.45) is 3.32. The monoisotopic (exact) mass is 184 g/mol. The average molecular weight is 184 g/mol. The molecule has 1 saturated carbocycles. The third kappa shape index (κ3) is 4.27. The van der Waals surface area contributed by atoms with Crippen molar-refractivity contribution in [1.29, 1.82) is 0 Å². The van der Waals surface area contributed by atoms with Gasteiger partial charge < -0.3 is 10.6 Å². The second-order valence-corrected chi connectivity index (χ2v) is 3.78. The van der Waals surface area contributed by atoms with Gasteiger partial charge in [0.1, 0.15) is 0 Å². The van der Waals surface area contributed by atoms with E-state index < -0.39 is 0 Å². The topological polar surface area (TPSA) is 41.1 Å². The molecular formula is C10H20N2O. The van der Waals surface area contributed by atoms with E-state index in [2.05, 4.69) is 17.6 Å². The van der Waals surface area contributed by atoms with Gasteiger partial charge in [-0.2, -0.15) is 0 Å². The highest BCUT2D eigenvalue weighted by molar-refractivity contribution is 5.75. The molecular weight excluding hydrogens is 164 g/mol. The van der Waals surface area contributed by atoms with Crippen molar-refractivity contribution >= 4 is 5.91 Å². The molecule has 1 rings (SSSR count). The van der Waals surface area contributed by atoms with Crippen LogP contribution in [0.5, 0.6) is 0 Å². The van der Waals surface area contributed by atoms with E-state index in [0.29, 0.717) is 12.5 Å². The number of rotatable bonds is 6. The second-order valence-electron chi connectivity index (χ2n) is 3.78. The molecule has 0 aromatic heterocycles. The molecule has 1 atom stereocenters. The number of carbonyl (C=O) groups is 1. The van der Waals surface area contributed by atoms with Crippen LogP contribution in [0.15, 0.2) is 0 Å². The van der Waals surface area contributed by atoms with E-state index in [-0.39, 0.29) is 5.91 Å². The maximum atomic E-state index is 11.1. The maximum absolute atomic E-state index is 11.1. The SMILES string of the molecule is CCNC(=O)CCNC(C)C1CC1. The number of amides is 1. The highest BCUT2D eigenvalue weighted by Gasteiger charge is 2.27. The Labute approximate surface area is 80.3 Å². The summed E-state index contributed by atoms with van der Waals surface area (Å²) in [4.78, 5) is 11.1. The first-order valence-electron chi connectivity index (χ1n) is 5.24. The first-order chi connectivity index (χ1) is 6.24. The molecule has 2 N–H and O–H groups in total. The van der Waals surface area contributed by atoms with Crippen molar-refractivity contribution in [3.63, 3.8) is 0 Å². The van der Waals surface area contributed by atoms with Crippen molar-refractivity contribution in [2.24, 2.45) is 5.92 Å². The lowest BCUT2D eigenvalue weighted by Crippen LogP contribution is -2.32. The summed E-state index contributed by atoms with van der Waals surface area (Å²) in [5, 5.41) is 6.16. The molecule has 1 fully saturated rings. The van der Waals surface area contributed by atoms with Gasteiger partial charge in [-0.25, -0.2) is 0 Å². The molecule has 0 aromatic rings. The van der Waals surface area contributed by atoms with Crippen LogP contribution in [-0.4, -0.2) is 25.0 Å². The van der Waals surface area contributed by atoms with Gasteiger partial charge in [-0.05, 0) is 32.6 Å². The lowest BCUT2D eigenvalue weighted by molar-refractivity contribution is -0.120. The van der Waals surface area contributed by atoms with E-state index in [0.717, 1.165) is 19.0 Å². The van der Waals surface area contributed by atoms with Gasteiger partial charge in [-0.1, -0.05) is 0 Å². The fraction of sp³-hybridized carbons (Fsp3) is 0.900. The molecule has 1 aliphatic carbocycles. The average Bonchev–Trinajstić information content (AvgIpc) is 2.86. The van der Waals surface area contributed by atoms with Gasteiger partial charge in [-0.3, -0.25) is 4.79 Å². The Morgan fingerprint density at radius 3 is 2.77 bits per heavy atom. The number of hydrogen-bond acceptors (Lipinski definition) is 2. The van der Waals surface area contributed by atoms with Crippen LogP contribution in [0.25, 0.3) is 0 Å². The van der Waals surface area contributed by atoms with Gasteiger partial charge >= 0.3 is 0 Å². The molecule has 0 aromatic carbocycles. The van der Waals surface area contributed by atoms with Crippen molar-refractivity contribution in [1.82, 2.24) is 10.6 Å². The summed E-state index contributed by atoms with van der Waals surface area (Å²) in [6.45, 7) is 5.69. The van der Waals surface area contributed by atoms with Gasteiger partial charge in [0.25, 0.3) is 0 Å². The van der Waals surface area contributed by atoms with Crippen LogP contribution in [0.2, 0.25) is 0 Å². The lowest BCUT2D eigenvalue weighted by atomic mass is 10.2. The molecule has 0 spiro atoms. The largest absolute Gasteiger partial charge is 0.356 e. The molecule has 0 aliphatic heterocycles. The Bertz CT molecular complexity index is 166. The van der Waals surface area contributed by atoms with Gasteiger partial charge in [0.2, 0.25) is 5.91 Å². The Morgan fingerprint density at radius 1 is 1.54 bits per heavy atom. The Balaban J connectivity index is 1.96. The third-order valence-corrected chi connectivity index (χ3v) is 2.52. The first-order valence-corrected chi connectivity index (χ1v) is 5.24. The van der Waals surface area contributed by atoms with Crippen molar-refractivity contribution in [3.05, 3.63) is 0 Å².